The molecule has 0 saturated carbocycles. The predicted molar refractivity (Wildman–Crippen MR) is 95.5 cm³/mol. The summed E-state index contributed by atoms with van der Waals surface area (Å²) in [6.45, 7) is 4.89. The molecule has 1 aromatic heterocycles. The van der Waals surface area contributed by atoms with Gasteiger partial charge in [-0.05, 0) is 55.6 Å². The fourth-order valence-corrected chi connectivity index (χ4v) is 5.50. The van der Waals surface area contributed by atoms with E-state index in [4.69, 9.17) is 0 Å². The van der Waals surface area contributed by atoms with Crippen LogP contribution in [0, 0.1) is 11.8 Å². The fraction of sp³-hybridized carbons (Fsp3) is 0.524. The quantitative estimate of drug-likeness (QED) is 0.747. The Morgan fingerprint density at radius 3 is 3.09 bits per heavy atom. The molecule has 23 heavy (non-hydrogen) atoms. The van der Waals surface area contributed by atoms with E-state index in [1.165, 1.54) is 61.8 Å². The van der Waals surface area contributed by atoms with E-state index >= 15 is 0 Å². The van der Waals surface area contributed by atoms with Crippen LogP contribution in [0.3, 0.4) is 0 Å². The first kappa shape index (κ1) is 13.9. The molecule has 0 spiro atoms. The van der Waals surface area contributed by atoms with Crippen LogP contribution in [0.15, 0.2) is 35.9 Å². The van der Waals surface area contributed by atoms with Crippen molar-refractivity contribution in [1.82, 2.24) is 9.88 Å². The van der Waals surface area contributed by atoms with Crippen molar-refractivity contribution in [3.8, 4) is 0 Å². The number of piperidine rings is 1. The van der Waals surface area contributed by atoms with Crippen LogP contribution < -0.4 is 0 Å². The van der Waals surface area contributed by atoms with Gasteiger partial charge in [0, 0.05) is 29.7 Å². The summed E-state index contributed by atoms with van der Waals surface area (Å²) in [7, 11) is 0. The molecule has 3 aliphatic rings. The highest BCUT2D eigenvalue weighted by Crippen LogP contribution is 2.47. The molecule has 2 unspecified atom stereocenters. The first-order valence-electron chi connectivity index (χ1n) is 9.37. The third kappa shape index (κ3) is 2.04. The Hall–Kier alpha value is -1.54. The lowest BCUT2D eigenvalue weighted by atomic mass is 9.70. The van der Waals surface area contributed by atoms with Crippen LogP contribution in [0.4, 0.5) is 0 Å². The Kier molecular flexibility index (Phi) is 3.16. The molecule has 1 aromatic carbocycles. The summed E-state index contributed by atoms with van der Waals surface area (Å²) in [5.74, 6) is 1.73. The highest BCUT2D eigenvalue weighted by molar-refractivity contribution is 5.85. The van der Waals surface area contributed by atoms with Gasteiger partial charge in [-0.3, -0.25) is 4.90 Å². The molecule has 0 amide bonds. The molecule has 1 N–H and O–H groups in total. The molecule has 0 bridgehead atoms. The zero-order valence-corrected chi connectivity index (χ0v) is 14.0. The Balaban J connectivity index is 1.56. The van der Waals surface area contributed by atoms with Crippen molar-refractivity contribution in [2.45, 2.75) is 45.1 Å². The minimum Gasteiger partial charge on any atom is -0.357 e. The van der Waals surface area contributed by atoms with Gasteiger partial charge in [0.1, 0.15) is 0 Å². The predicted octanol–water partition coefficient (Wildman–Crippen LogP) is 4.83. The molecule has 2 nitrogen and oxygen atoms in total. The summed E-state index contributed by atoms with van der Waals surface area (Å²) in [5, 5.41) is 1.46. The first-order chi connectivity index (χ1) is 11.3. The maximum absolute atomic E-state index is 3.78. The summed E-state index contributed by atoms with van der Waals surface area (Å²) in [6, 6.07) is 9.47. The lowest BCUT2D eigenvalue weighted by Gasteiger charge is -2.48. The molecule has 1 aliphatic carbocycles. The van der Waals surface area contributed by atoms with Gasteiger partial charge in [0.2, 0.25) is 0 Å². The van der Waals surface area contributed by atoms with E-state index in [1.807, 2.05) is 0 Å². The Morgan fingerprint density at radius 1 is 1.26 bits per heavy atom. The standard InChI is InChI=1S/C21H26N2/c1-2-14-6-5-7-15-13-23-11-10-17-16-8-3-4-9-19(16)22-21(17)20(23)12-18(14)15/h3-4,6,8-9,15,18,20,22H,2,5,7,10-13H2,1H3/t15?,18?,20-/m1/s1. The lowest BCUT2D eigenvalue weighted by molar-refractivity contribution is 0.0574. The van der Waals surface area contributed by atoms with Crippen LogP contribution in [0.5, 0.6) is 0 Å². The van der Waals surface area contributed by atoms with Crippen LogP contribution in [-0.4, -0.2) is 23.0 Å². The van der Waals surface area contributed by atoms with Gasteiger partial charge in [0.25, 0.3) is 0 Å². The smallest absolute Gasteiger partial charge is 0.0507 e. The molecule has 120 valence electrons. The second kappa shape index (κ2) is 5.24. The maximum Gasteiger partial charge on any atom is 0.0507 e. The van der Waals surface area contributed by atoms with E-state index in [0.717, 1.165) is 11.8 Å². The van der Waals surface area contributed by atoms with Gasteiger partial charge in [-0.1, -0.05) is 36.8 Å². The topological polar surface area (TPSA) is 19.0 Å². The molecular formula is C21H26N2. The van der Waals surface area contributed by atoms with Crippen molar-refractivity contribution < 1.29 is 0 Å². The number of aromatic nitrogens is 1. The third-order valence-corrected chi connectivity index (χ3v) is 6.61. The largest absolute Gasteiger partial charge is 0.357 e. The number of hydrogen-bond acceptors (Lipinski definition) is 1. The van der Waals surface area contributed by atoms with Gasteiger partial charge in [0.05, 0.1) is 6.04 Å². The molecule has 1 saturated heterocycles. The second-order valence-corrected chi connectivity index (χ2v) is 7.64. The van der Waals surface area contributed by atoms with Crippen LogP contribution in [-0.2, 0) is 6.42 Å². The molecule has 2 aliphatic heterocycles. The summed E-state index contributed by atoms with van der Waals surface area (Å²) >= 11 is 0. The number of para-hydroxylation sites is 1. The number of H-pyrrole nitrogens is 1. The average molecular weight is 306 g/mol. The number of hydrogen-bond donors (Lipinski definition) is 1. The summed E-state index contributed by atoms with van der Waals surface area (Å²) < 4.78 is 0. The van der Waals surface area contributed by atoms with Crippen LogP contribution in [0.25, 0.3) is 10.9 Å². The van der Waals surface area contributed by atoms with Crippen LogP contribution in [0.2, 0.25) is 0 Å². The van der Waals surface area contributed by atoms with Gasteiger partial charge >= 0.3 is 0 Å². The normalized spacial score (nSPS) is 30.5. The van der Waals surface area contributed by atoms with Gasteiger partial charge in [-0.25, -0.2) is 0 Å². The molecular weight excluding hydrogens is 280 g/mol. The second-order valence-electron chi connectivity index (χ2n) is 7.64. The van der Waals surface area contributed by atoms with Crippen molar-refractivity contribution in [1.29, 1.82) is 0 Å². The molecule has 3 atom stereocenters. The van der Waals surface area contributed by atoms with Crippen molar-refractivity contribution in [3.05, 3.63) is 47.2 Å². The van der Waals surface area contributed by atoms with E-state index in [2.05, 4.69) is 47.1 Å². The van der Waals surface area contributed by atoms with Crippen molar-refractivity contribution in [2.75, 3.05) is 13.1 Å². The highest BCUT2D eigenvalue weighted by Gasteiger charge is 2.41. The summed E-state index contributed by atoms with van der Waals surface area (Å²) in [6.07, 6.45) is 9.03. The molecule has 1 fully saturated rings. The zero-order chi connectivity index (χ0) is 15.4. The van der Waals surface area contributed by atoms with Crippen LogP contribution in [0.1, 0.15) is 49.9 Å². The molecule has 0 radical (unpaired) electrons. The van der Waals surface area contributed by atoms with Gasteiger partial charge in [-0.15, -0.1) is 0 Å². The van der Waals surface area contributed by atoms with E-state index in [9.17, 15) is 0 Å². The van der Waals surface area contributed by atoms with Crippen molar-refractivity contribution >= 4 is 10.9 Å². The SMILES string of the molecule is CCC1=CCCC2CN3CCc4c([nH]c5ccccc45)[C@H]3CC12. The van der Waals surface area contributed by atoms with Gasteiger partial charge < -0.3 is 4.98 Å². The third-order valence-electron chi connectivity index (χ3n) is 6.61. The van der Waals surface area contributed by atoms with Crippen molar-refractivity contribution in [2.24, 2.45) is 11.8 Å². The molecule has 2 aromatic rings. The minimum atomic E-state index is 0.612. The number of fused-ring (bicyclic) bond motifs is 6. The summed E-state index contributed by atoms with van der Waals surface area (Å²) in [4.78, 5) is 6.56. The minimum absolute atomic E-state index is 0.612. The molecule has 3 heterocycles. The number of nitrogens with zero attached hydrogens (tertiary/aromatic N) is 1. The monoisotopic (exact) mass is 306 g/mol. The molecule has 5 rings (SSSR count). The number of allylic oxidation sites excluding steroid dienone is 2. The van der Waals surface area contributed by atoms with E-state index in [0.29, 0.717) is 6.04 Å². The number of rotatable bonds is 1. The number of nitrogens with one attached hydrogen (secondary N) is 1. The number of aromatic amines is 1. The highest BCUT2D eigenvalue weighted by atomic mass is 15.2. The maximum atomic E-state index is 3.78. The number of benzene rings is 1. The average Bonchev–Trinajstić information content (AvgIpc) is 2.98. The summed E-state index contributed by atoms with van der Waals surface area (Å²) in [5.41, 5.74) is 6.19. The van der Waals surface area contributed by atoms with Gasteiger partial charge in [0.15, 0.2) is 0 Å². The van der Waals surface area contributed by atoms with Gasteiger partial charge in [-0.2, -0.15) is 0 Å². The Labute approximate surface area is 138 Å². The Bertz CT molecular complexity index is 769. The zero-order valence-electron chi connectivity index (χ0n) is 14.0. The van der Waals surface area contributed by atoms with Crippen LogP contribution >= 0.6 is 0 Å². The lowest BCUT2D eigenvalue weighted by Crippen LogP contribution is -2.47. The Morgan fingerprint density at radius 2 is 2.17 bits per heavy atom. The van der Waals surface area contributed by atoms with E-state index in [-0.39, 0.29) is 0 Å². The van der Waals surface area contributed by atoms with E-state index < -0.39 is 0 Å². The fourth-order valence-electron chi connectivity index (χ4n) is 5.50. The van der Waals surface area contributed by atoms with Crippen molar-refractivity contribution in [3.63, 3.8) is 0 Å². The first-order valence-corrected chi connectivity index (χ1v) is 9.37. The van der Waals surface area contributed by atoms with E-state index in [1.54, 1.807) is 11.1 Å². The molecule has 2 heteroatoms.